The topological polar surface area (TPSA) is 77.5 Å². The minimum atomic E-state index is -0.562. The lowest BCUT2D eigenvalue weighted by atomic mass is 10.1. The predicted molar refractivity (Wildman–Crippen MR) is 116 cm³/mol. The van der Waals surface area contributed by atoms with Crippen LogP contribution in [-0.4, -0.2) is 15.4 Å². The van der Waals surface area contributed by atoms with Gasteiger partial charge in [0.2, 0.25) is 0 Å². The fraction of sp³-hybridized carbons (Fsp3) is 0.200. The van der Waals surface area contributed by atoms with Crippen molar-refractivity contribution < 1.29 is 9.72 Å². The molecule has 1 heterocycles. The zero-order valence-electron chi connectivity index (χ0n) is 15.7. The first kappa shape index (κ1) is 21.2. The second kappa shape index (κ2) is 8.90. The number of nitro benzene ring substituents is 1. The molecule has 29 heavy (non-hydrogen) atoms. The Kier molecular flexibility index (Phi) is 6.52. The van der Waals surface area contributed by atoms with Gasteiger partial charge in [-0.2, -0.15) is 4.99 Å². The second-order valence-electron chi connectivity index (χ2n) is 6.10. The molecule has 1 aromatic heterocycles. The number of hydrogen-bond donors (Lipinski definition) is 0. The molecule has 0 spiro atoms. The smallest absolute Gasteiger partial charge is 0.281 e. The molecule has 1 amide bonds. The van der Waals surface area contributed by atoms with Crippen LogP contribution in [0.4, 0.5) is 5.69 Å². The summed E-state index contributed by atoms with van der Waals surface area (Å²) >= 11 is 13.5. The van der Waals surface area contributed by atoms with Crippen LogP contribution < -0.4 is 4.80 Å². The van der Waals surface area contributed by atoms with Crippen LogP contribution in [0.25, 0.3) is 11.3 Å². The van der Waals surface area contributed by atoms with Gasteiger partial charge in [-0.05, 0) is 37.1 Å². The molecule has 0 saturated carbocycles. The van der Waals surface area contributed by atoms with Crippen molar-refractivity contribution in [3.63, 3.8) is 0 Å². The van der Waals surface area contributed by atoms with E-state index in [9.17, 15) is 14.9 Å². The average Bonchev–Trinajstić information content (AvgIpc) is 3.05. The van der Waals surface area contributed by atoms with E-state index in [0.29, 0.717) is 16.4 Å². The Balaban J connectivity index is 2.11. The average molecular weight is 450 g/mol. The molecular formula is C20H17Cl2N3O3S. The second-order valence-corrected chi connectivity index (χ2v) is 8.01. The molecule has 3 aromatic rings. The van der Waals surface area contributed by atoms with Crippen LogP contribution in [0.1, 0.15) is 29.1 Å². The summed E-state index contributed by atoms with van der Waals surface area (Å²) in [5, 5.41) is 11.5. The monoisotopic (exact) mass is 449 g/mol. The van der Waals surface area contributed by atoms with E-state index in [4.69, 9.17) is 23.2 Å². The number of nitrogens with zero attached hydrogens (tertiary/aromatic N) is 3. The van der Waals surface area contributed by atoms with Crippen molar-refractivity contribution in [1.29, 1.82) is 0 Å². The van der Waals surface area contributed by atoms with E-state index in [1.165, 1.54) is 23.5 Å². The number of nitro groups is 1. The zero-order chi connectivity index (χ0) is 21.1. The number of carbonyl (C=O) groups excluding carboxylic acids is 1. The van der Waals surface area contributed by atoms with E-state index < -0.39 is 10.8 Å². The number of thiazole rings is 1. The van der Waals surface area contributed by atoms with E-state index in [0.717, 1.165) is 28.6 Å². The zero-order valence-corrected chi connectivity index (χ0v) is 18.0. The number of benzene rings is 2. The van der Waals surface area contributed by atoms with Crippen molar-refractivity contribution >= 4 is 46.1 Å². The first-order chi connectivity index (χ1) is 13.8. The highest BCUT2D eigenvalue weighted by molar-refractivity contribution is 7.09. The summed E-state index contributed by atoms with van der Waals surface area (Å²) in [6, 6.07) is 11.3. The number of non-ortho nitro benzene ring substituents is 1. The quantitative estimate of drug-likeness (QED) is 0.367. The number of aryl methyl sites for hydroxylation is 1. The summed E-state index contributed by atoms with van der Waals surface area (Å²) in [5.74, 6) is -0.543. The first-order valence-electron chi connectivity index (χ1n) is 8.87. The van der Waals surface area contributed by atoms with Crippen LogP contribution >= 0.6 is 34.5 Å². The van der Waals surface area contributed by atoms with Crippen LogP contribution in [0.2, 0.25) is 10.0 Å². The van der Waals surface area contributed by atoms with Gasteiger partial charge in [0, 0.05) is 28.6 Å². The summed E-state index contributed by atoms with van der Waals surface area (Å²) in [6.45, 7) is 4.65. The largest absolute Gasteiger partial charge is 0.316 e. The summed E-state index contributed by atoms with van der Waals surface area (Å²) in [5.41, 5.74) is 1.94. The van der Waals surface area contributed by atoms with E-state index in [2.05, 4.69) is 4.99 Å². The van der Waals surface area contributed by atoms with Gasteiger partial charge in [-0.25, -0.2) is 0 Å². The molecule has 0 bridgehead atoms. The molecule has 0 N–H and O–H groups in total. The maximum Gasteiger partial charge on any atom is 0.281 e. The third-order valence-electron chi connectivity index (χ3n) is 4.33. The first-order valence-corrected chi connectivity index (χ1v) is 10.4. The Morgan fingerprint density at radius 2 is 1.86 bits per heavy atom. The Labute approximate surface area is 181 Å². The van der Waals surface area contributed by atoms with Gasteiger partial charge >= 0.3 is 0 Å². The Bertz CT molecular complexity index is 1150. The highest BCUT2D eigenvalue weighted by Crippen LogP contribution is 2.28. The van der Waals surface area contributed by atoms with Crippen LogP contribution in [0.3, 0.4) is 0 Å². The number of hydrogen-bond acceptors (Lipinski definition) is 4. The molecule has 0 aliphatic rings. The molecule has 0 saturated heterocycles. The summed E-state index contributed by atoms with van der Waals surface area (Å²) in [7, 11) is 0. The van der Waals surface area contributed by atoms with Crippen LogP contribution in [0.15, 0.2) is 47.5 Å². The van der Waals surface area contributed by atoms with Crippen LogP contribution in [0.5, 0.6) is 0 Å². The third-order valence-corrected chi connectivity index (χ3v) is 6.11. The highest BCUT2D eigenvalue weighted by Gasteiger charge is 2.17. The molecule has 9 heteroatoms. The van der Waals surface area contributed by atoms with E-state index in [1.54, 1.807) is 0 Å². The molecular weight excluding hydrogens is 433 g/mol. The van der Waals surface area contributed by atoms with E-state index >= 15 is 0 Å². The Hall–Kier alpha value is -2.48. The predicted octanol–water partition coefficient (Wildman–Crippen LogP) is 5.76. The highest BCUT2D eigenvalue weighted by atomic mass is 35.5. The van der Waals surface area contributed by atoms with Gasteiger partial charge in [-0.3, -0.25) is 14.9 Å². The van der Waals surface area contributed by atoms with E-state index in [-0.39, 0.29) is 16.3 Å². The summed E-state index contributed by atoms with van der Waals surface area (Å²) < 4.78 is 1.98. The van der Waals surface area contributed by atoms with Gasteiger partial charge in [0.25, 0.3) is 11.6 Å². The van der Waals surface area contributed by atoms with Gasteiger partial charge in [0.1, 0.15) is 0 Å². The van der Waals surface area contributed by atoms with Gasteiger partial charge < -0.3 is 4.57 Å². The minimum Gasteiger partial charge on any atom is -0.316 e. The Morgan fingerprint density at radius 3 is 2.41 bits per heavy atom. The van der Waals surface area contributed by atoms with Crippen molar-refractivity contribution in [1.82, 2.24) is 4.57 Å². The van der Waals surface area contributed by atoms with Crippen LogP contribution in [0, 0.1) is 10.1 Å². The molecule has 0 radical (unpaired) electrons. The molecule has 2 aromatic carbocycles. The van der Waals surface area contributed by atoms with Crippen molar-refractivity contribution in [2.75, 3.05) is 0 Å². The molecule has 0 atom stereocenters. The molecule has 0 unspecified atom stereocenters. The number of amides is 1. The van der Waals surface area contributed by atoms with Crippen molar-refractivity contribution in [2.24, 2.45) is 4.99 Å². The molecule has 0 fully saturated rings. The number of carbonyl (C=O) groups is 1. The van der Waals surface area contributed by atoms with Crippen molar-refractivity contribution in [3.05, 3.63) is 77.9 Å². The van der Waals surface area contributed by atoms with E-state index in [1.807, 2.05) is 42.7 Å². The van der Waals surface area contributed by atoms with Gasteiger partial charge in [-0.15, -0.1) is 11.3 Å². The molecule has 150 valence electrons. The fourth-order valence-electron chi connectivity index (χ4n) is 2.94. The molecule has 0 aliphatic carbocycles. The number of aromatic nitrogens is 1. The van der Waals surface area contributed by atoms with Crippen LogP contribution in [-0.2, 0) is 13.0 Å². The number of rotatable bonds is 5. The Morgan fingerprint density at radius 1 is 1.17 bits per heavy atom. The lowest BCUT2D eigenvalue weighted by Gasteiger charge is -2.08. The minimum absolute atomic E-state index is 0.00111. The summed E-state index contributed by atoms with van der Waals surface area (Å²) in [4.78, 5) is 28.9. The molecule has 3 rings (SSSR count). The van der Waals surface area contributed by atoms with Gasteiger partial charge in [0.15, 0.2) is 4.80 Å². The standard InChI is InChI=1S/C20H17Cl2N3O3S/c1-3-17-18(12-5-7-13(21)8-6-12)24(4-2)20(29-17)23-19(26)15-10-9-14(25(27)28)11-16(15)22/h5-11H,3-4H2,1-2H3. The molecule has 6 nitrogen and oxygen atoms in total. The van der Waals surface area contributed by atoms with Crippen molar-refractivity contribution in [3.8, 4) is 11.3 Å². The van der Waals surface area contributed by atoms with Gasteiger partial charge in [0.05, 0.1) is 21.2 Å². The maximum atomic E-state index is 12.7. The summed E-state index contributed by atoms with van der Waals surface area (Å²) in [6.07, 6.45) is 0.782. The normalized spacial score (nSPS) is 11.7. The number of halogens is 2. The fourth-order valence-corrected chi connectivity index (χ4v) is 4.47. The molecule has 0 aliphatic heterocycles. The maximum absolute atomic E-state index is 12.7. The third kappa shape index (κ3) is 4.42. The lowest BCUT2D eigenvalue weighted by Crippen LogP contribution is -2.17. The lowest BCUT2D eigenvalue weighted by molar-refractivity contribution is -0.384. The van der Waals surface area contributed by atoms with Crippen molar-refractivity contribution in [2.45, 2.75) is 26.8 Å². The SMILES string of the molecule is CCc1sc(=NC(=O)c2ccc([N+](=O)[O-])cc2Cl)n(CC)c1-c1ccc(Cl)cc1. The van der Waals surface area contributed by atoms with Gasteiger partial charge in [-0.1, -0.05) is 42.3 Å².